The minimum Gasteiger partial charge on any atom is -0.357 e. The van der Waals surface area contributed by atoms with Gasteiger partial charge in [-0.15, -0.1) is 0 Å². The van der Waals surface area contributed by atoms with Crippen molar-refractivity contribution >= 4 is 45.5 Å². The first kappa shape index (κ1) is 12.6. The number of rotatable bonds is 4. The molecule has 0 aromatic carbocycles. The fourth-order valence-electron chi connectivity index (χ4n) is 0.315. The van der Waals surface area contributed by atoms with E-state index in [1.807, 2.05) is 13.8 Å². The molecule has 0 rings (SSSR count). The lowest BCUT2D eigenvalue weighted by molar-refractivity contribution is 0.636. The second kappa shape index (κ2) is 4.71. The Morgan fingerprint density at radius 3 is 1.55 bits per heavy atom. The van der Waals surface area contributed by atoms with Crippen LogP contribution in [0.4, 0.5) is 0 Å². The van der Waals surface area contributed by atoms with Gasteiger partial charge in [0.1, 0.15) is 10.9 Å². The van der Waals surface area contributed by atoms with Crippen LogP contribution in [0, 0.1) is 0 Å². The lowest BCUT2D eigenvalue weighted by Gasteiger charge is -2.18. The highest BCUT2D eigenvalue weighted by Gasteiger charge is 2.21. The zero-order chi connectivity index (χ0) is 9.12. The fraction of sp³-hybridized carbons (Fsp3) is 1.00. The van der Waals surface area contributed by atoms with Gasteiger partial charge in [-0.05, 0) is 11.0 Å². The Balaban J connectivity index is 4.26. The van der Waals surface area contributed by atoms with E-state index in [1.165, 1.54) is 0 Å². The van der Waals surface area contributed by atoms with Crippen molar-refractivity contribution in [3.8, 4) is 0 Å². The van der Waals surface area contributed by atoms with Crippen LogP contribution in [0.3, 0.4) is 0 Å². The van der Waals surface area contributed by atoms with Crippen LogP contribution in [-0.4, -0.2) is 22.1 Å². The molecule has 0 saturated carbocycles. The predicted octanol–water partition coefficient (Wildman–Crippen LogP) is 2.36. The third-order valence-corrected chi connectivity index (χ3v) is 16.0. The highest BCUT2D eigenvalue weighted by Crippen LogP contribution is 2.73. The summed E-state index contributed by atoms with van der Waals surface area (Å²) in [6, 6.07) is 0. The molecule has 0 amide bonds. The highest BCUT2D eigenvalue weighted by molar-refractivity contribution is 8.97. The van der Waals surface area contributed by atoms with Crippen LogP contribution >= 0.6 is 21.9 Å². The Bertz CT molecular complexity index is 195. The third kappa shape index (κ3) is 5.75. The quantitative estimate of drug-likeness (QED) is 0.750. The average Bonchev–Trinajstić information content (AvgIpc) is 1.86. The zero-order valence-electron chi connectivity index (χ0n) is 6.43. The number of hydrogen-bond acceptors (Lipinski definition) is 3. The molecule has 68 valence electrons. The van der Waals surface area contributed by atoms with Crippen molar-refractivity contribution in [2.45, 2.75) is 13.8 Å². The van der Waals surface area contributed by atoms with E-state index >= 15 is 0 Å². The molecular weight excluding hydrogens is 238 g/mol. The highest BCUT2D eigenvalue weighted by atomic mass is 33.2. The predicted molar refractivity (Wildman–Crippen MR) is 61.7 cm³/mol. The summed E-state index contributed by atoms with van der Waals surface area (Å²) in [5.74, 6) is 0. The maximum absolute atomic E-state index is 9.48. The summed E-state index contributed by atoms with van der Waals surface area (Å²) < 4.78 is 0. The van der Waals surface area contributed by atoms with Crippen molar-refractivity contribution < 1.29 is 9.79 Å². The van der Waals surface area contributed by atoms with Gasteiger partial charge in [0, 0.05) is 12.3 Å². The maximum atomic E-state index is 9.48. The molecular formula is C4H12O2P2S3. The molecule has 2 atom stereocenters. The van der Waals surface area contributed by atoms with Crippen molar-refractivity contribution in [3.63, 3.8) is 0 Å². The van der Waals surface area contributed by atoms with Crippen LogP contribution < -0.4 is 0 Å². The smallest absolute Gasteiger partial charge is 0.123 e. The van der Waals surface area contributed by atoms with Crippen LogP contribution in [0.1, 0.15) is 13.8 Å². The monoisotopic (exact) mass is 250 g/mol. The summed E-state index contributed by atoms with van der Waals surface area (Å²) in [5, 5.41) is 0. The molecule has 0 fully saturated rings. The molecule has 2 N–H and O–H groups in total. The average molecular weight is 250 g/mol. The van der Waals surface area contributed by atoms with Crippen LogP contribution in [0.15, 0.2) is 0 Å². The van der Waals surface area contributed by atoms with Gasteiger partial charge in [-0.25, -0.2) is 0 Å². The molecule has 11 heavy (non-hydrogen) atoms. The molecule has 0 radical (unpaired) electrons. The first-order valence-corrected chi connectivity index (χ1v) is 11.1. The molecule has 0 heterocycles. The molecule has 0 aliphatic heterocycles. The Hall–Kier alpha value is 1.57. The molecule has 0 aliphatic rings. The van der Waals surface area contributed by atoms with E-state index in [2.05, 4.69) is 0 Å². The number of hydrogen-bond donors (Lipinski definition) is 2. The molecule has 2 nitrogen and oxygen atoms in total. The molecule has 0 bridgehead atoms. The van der Waals surface area contributed by atoms with E-state index in [0.717, 1.165) is 11.0 Å². The van der Waals surface area contributed by atoms with E-state index in [9.17, 15) is 9.79 Å². The van der Waals surface area contributed by atoms with Gasteiger partial charge in [-0.3, -0.25) is 0 Å². The van der Waals surface area contributed by atoms with Gasteiger partial charge in [0.05, 0.1) is 0 Å². The molecule has 0 aromatic heterocycles. The van der Waals surface area contributed by atoms with Gasteiger partial charge < -0.3 is 9.79 Å². The van der Waals surface area contributed by atoms with Crippen molar-refractivity contribution in [3.05, 3.63) is 0 Å². The van der Waals surface area contributed by atoms with E-state index in [0.29, 0.717) is 12.3 Å². The molecule has 0 aromatic rings. The van der Waals surface area contributed by atoms with Crippen molar-refractivity contribution in [1.29, 1.82) is 0 Å². The normalized spacial score (nSPS) is 22.2. The Labute approximate surface area is 81.5 Å². The van der Waals surface area contributed by atoms with E-state index in [1.54, 1.807) is 0 Å². The molecule has 0 saturated heterocycles. The lowest BCUT2D eigenvalue weighted by Crippen LogP contribution is -1.80. The summed E-state index contributed by atoms with van der Waals surface area (Å²) >= 11 is 10.8. The van der Waals surface area contributed by atoms with Crippen molar-refractivity contribution in [2.75, 3.05) is 12.3 Å². The van der Waals surface area contributed by atoms with Crippen LogP contribution in [0.2, 0.25) is 0 Å². The fourth-order valence-corrected chi connectivity index (χ4v) is 15.6. The van der Waals surface area contributed by atoms with Gasteiger partial charge in [0.15, 0.2) is 0 Å². The summed E-state index contributed by atoms with van der Waals surface area (Å²) in [6.07, 6.45) is 1.07. The molecule has 0 spiro atoms. The van der Waals surface area contributed by atoms with Gasteiger partial charge in [-0.1, -0.05) is 37.5 Å². The zero-order valence-corrected chi connectivity index (χ0v) is 10.7. The second-order valence-corrected chi connectivity index (χ2v) is 16.6. The summed E-state index contributed by atoms with van der Waals surface area (Å²) in [6.45, 7) is 3.64. The first-order chi connectivity index (χ1) is 4.83. The molecule has 0 aliphatic carbocycles. The first-order valence-electron chi connectivity index (χ1n) is 3.18. The van der Waals surface area contributed by atoms with E-state index in [-0.39, 0.29) is 0 Å². The Morgan fingerprint density at radius 2 is 1.36 bits per heavy atom. The van der Waals surface area contributed by atoms with Crippen LogP contribution in [0.25, 0.3) is 0 Å². The van der Waals surface area contributed by atoms with Gasteiger partial charge in [-0.2, -0.15) is 0 Å². The topological polar surface area (TPSA) is 40.5 Å². The Kier molecular flexibility index (Phi) is 5.38. The largest absolute Gasteiger partial charge is 0.357 e. The SMILES string of the molecule is CCP(O)(=S)SP(O)(=S)CC. The van der Waals surface area contributed by atoms with E-state index in [4.69, 9.17) is 23.6 Å². The molecule has 2 unspecified atom stereocenters. The van der Waals surface area contributed by atoms with E-state index < -0.39 is 10.9 Å². The van der Waals surface area contributed by atoms with Gasteiger partial charge in [0.25, 0.3) is 0 Å². The standard InChI is InChI=1S/C4H12O2P2S3/c1-3-7(5,9)11-8(6,10)4-2/h3-4H2,1-2H3,(H,5,9)(H,6,10). The maximum Gasteiger partial charge on any atom is 0.123 e. The van der Waals surface area contributed by atoms with Gasteiger partial charge in [0.2, 0.25) is 0 Å². The van der Waals surface area contributed by atoms with Crippen LogP contribution in [-0.2, 0) is 23.6 Å². The van der Waals surface area contributed by atoms with Crippen molar-refractivity contribution in [2.24, 2.45) is 0 Å². The van der Waals surface area contributed by atoms with Crippen molar-refractivity contribution in [1.82, 2.24) is 0 Å². The summed E-state index contributed by atoms with van der Waals surface area (Å²) in [7, 11) is 0. The second-order valence-electron chi connectivity index (χ2n) is 1.99. The minimum atomic E-state index is -2.37. The summed E-state index contributed by atoms with van der Waals surface area (Å²) in [4.78, 5) is 19.0. The van der Waals surface area contributed by atoms with Crippen LogP contribution in [0.5, 0.6) is 0 Å². The third-order valence-electron chi connectivity index (χ3n) is 1.05. The minimum absolute atomic E-state index is 0.534. The Morgan fingerprint density at radius 1 is 1.09 bits per heavy atom. The lowest BCUT2D eigenvalue weighted by atomic mass is 11.0. The van der Waals surface area contributed by atoms with Gasteiger partial charge >= 0.3 is 0 Å². The molecule has 7 heteroatoms. The summed E-state index contributed by atoms with van der Waals surface area (Å²) in [5.41, 5.74) is -4.73.